The van der Waals surface area contributed by atoms with Gasteiger partial charge in [0.1, 0.15) is 30.5 Å². The molecule has 0 aliphatic carbocycles. The highest BCUT2D eigenvalue weighted by atomic mass is 28.1. The van der Waals surface area contributed by atoms with Gasteiger partial charge in [0.05, 0.1) is 33.0 Å². The number of hydrogen-bond donors (Lipinski definition) is 0. The first kappa shape index (κ1) is 36.0. The van der Waals surface area contributed by atoms with Gasteiger partial charge in [-0.2, -0.15) is 0 Å². The first-order valence-electron chi connectivity index (χ1n) is 18.1. The van der Waals surface area contributed by atoms with Crippen LogP contribution in [-0.4, -0.2) is 41.3 Å². The first-order chi connectivity index (χ1) is 25.6. The summed E-state index contributed by atoms with van der Waals surface area (Å²) in [4.78, 5) is 0. The number of hydrogen-bond acceptors (Lipinski definition) is 5. The standard InChI is InChI=1S/C46H45O5Si/c1-33(52)42-39-25-15-14-24-38(39)26-27-40(42)43-45(49-30-36-20-10-4-11-21-36)46(50-31-37-22-12-5-13-23-37)44(48-29-35-18-8-3-9-19-35)41(51-43)32-47-28-34-16-6-2-7-17-34/h2-27,33,41,43-46H,28-32H2,1H3/t33?,41-,43-,44-,45-,46+/m1/s1. The normalized spacial score (nSPS) is 20.8. The van der Waals surface area contributed by atoms with E-state index in [2.05, 4.69) is 102 Å². The lowest BCUT2D eigenvalue weighted by Crippen LogP contribution is -2.58. The maximum atomic E-state index is 7.26. The van der Waals surface area contributed by atoms with Crippen LogP contribution in [0.3, 0.4) is 0 Å². The highest BCUT2D eigenvalue weighted by Crippen LogP contribution is 2.42. The smallest absolute Gasteiger partial charge is 0.117 e. The molecule has 1 unspecified atom stereocenters. The molecule has 0 saturated carbocycles. The Balaban J connectivity index is 1.31. The van der Waals surface area contributed by atoms with Crippen LogP contribution in [0.1, 0.15) is 51.9 Å². The molecular formula is C46H45O5Si. The quantitative estimate of drug-likeness (QED) is 0.0997. The second-order valence-corrected chi connectivity index (χ2v) is 14.3. The van der Waals surface area contributed by atoms with E-state index in [1.165, 1.54) is 16.3 Å². The fraction of sp³-hybridized carbons (Fsp3) is 0.261. The lowest BCUT2D eigenvalue weighted by molar-refractivity contribution is -0.275. The van der Waals surface area contributed by atoms with Crippen LogP contribution in [0.4, 0.5) is 0 Å². The molecule has 0 amide bonds. The molecule has 1 saturated heterocycles. The summed E-state index contributed by atoms with van der Waals surface area (Å²) < 4.78 is 34.6. The molecule has 1 heterocycles. The fourth-order valence-corrected chi connectivity index (χ4v) is 7.41. The van der Waals surface area contributed by atoms with E-state index < -0.39 is 30.5 Å². The molecule has 5 nitrogen and oxygen atoms in total. The summed E-state index contributed by atoms with van der Waals surface area (Å²) >= 11 is 0. The van der Waals surface area contributed by atoms with Gasteiger partial charge in [-0.15, -0.1) is 0 Å². The fourth-order valence-electron chi connectivity index (χ4n) is 7.08. The van der Waals surface area contributed by atoms with E-state index in [1.807, 2.05) is 72.8 Å². The minimum absolute atomic E-state index is 0.0444. The third-order valence-electron chi connectivity index (χ3n) is 9.63. The van der Waals surface area contributed by atoms with E-state index in [0.29, 0.717) is 33.0 Å². The monoisotopic (exact) mass is 705 g/mol. The largest absolute Gasteiger partial charge is 0.374 e. The molecule has 52 heavy (non-hydrogen) atoms. The highest BCUT2D eigenvalue weighted by Gasteiger charge is 2.49. The van der Waals surface area contributed by atoms with Gasteiger partial charge in [-0.05, 0) is 49.7 Å². The SMILES string of the molecule is CC([Si])c1c([C@H]2O[C@H](COCc3ccccc3)[C@@H](OCc3ccccc3)[C@H](OCc3ccccc3)[C@@H]2OCc2ccccc2)ccc2ccccc12. The van der Waals surface area contributed by atoms with Crippen molar-refractivity contribution in [2.75, 3.05) is 6.61 Å². The zero-order valence-corrected chi connectivity index (χ0v) is 30.6. The Hall–Kier alpha value is -4.40. The highest BCUT2D eigenvalue weighted by molar-refractivity contribution is 6.14. The van der Waals surface area contributed by atoms with Gasteiger partial charge in [0.25, 0.3) is 0 Å². The summed E-state index contributed by atoms with van der Waals surface area (Å²) in [7, 11) is 4.02. The van der Waals surface area contributed by atoms with Gasteiger partial charge in [-0.3, -0.25) is 0 Å². The molecule has 3 radical (unpaired) electrons. The molecule has 6 aromatic rings. The van der Waals surface area contributed by atoms with Crippen molar-refractivity contribution in [1.29, 1.82) is 0 Å². The van der Waals surface area contributed by atoms with E-state index in [-0.39, 0.29) is 5.54 Å². The average molecular weight is 706 g/mol. The molecular weight excluding hydrogens is 661 g/mol. The number of fused-ring (bicyclic) bond motifs is 1. The maximum Gasteiger partial charge on any atom is 0.117 e. The molecule has 1 fully saturated rings. The van der Waals surface area contributed by atoms with E-state index in [0.717, 1.165) is 27.8 Å². The van der Waals surface area contributed by atoms with Crippen molar-refractivity contribution in [3.8, 4) is 0 Å². The second-order valence-electron chi connectivity index (χ2n) is 13.4. The van der Waals surface area contributed by atoms with Gasteiger partial charge in [0, 0.05) is 10.2 Å². The third-order valence-corrected chi connectivity index (χ3v) is 9.92. The predicted molar refractivity (Wildman–Crippen MR) is 207 cm³/mol. The Kier molecular flexibility index (Phi) is 12.4. The van der Waals surface area contributed by atoms with Gasteiger partial charge in [-0.25, -0.2) is 0 Å². The Morgan fingerprint density at radius 1 is 0.519 bits per heavy atom. The van der Waals surface area contributed by atoms with Crippen LogP contribution in [0.25, 0.3) is 10.8 Å². The summed E-state index contributed by atoms with van der Waals surface area (Å²) in [5.41, 5.74) is 6.59. The minimum Gasteiger partial charge on any atom is -0.374 e. The Labute approximate surface area is 310 Å². The van der Waals surface area contributed by atoms with Crippen molar-refractivity contribution >= 4 is 21.0 Å². The van der Waals surface area contributed by atoms with E-state index in [1.54, 1.807) is 0 Å². The van der Waals surface area contributed by atoms with Crippen molar-refractivity contribution in [3.63, 3.8) is 0 Å². The van der Waals surface area contributed by atoms with Crippen molar-refractivity contribution < 1.29 is 23.7 Å². The summed E-state index contributed by atoms with van der Waals surface area (Å²) in [5.74, 6) is 0. The van der Waals surface area contributed by atoms with Crippen molar-refractivity contribution in [1.82, 2.24) is 0 Å². The van der Waals surface area contributed by atoms with Crippen LogP contribution in [-0.2, 0) is 50.1 Å². The first-order valence-corrected chi connectivity index (χ1v) is 18.7. The van der Waals surface area contributed by atoms with Crippen LogP contribution in [0.5, 0.6) is 0 Å². The van der Waals surface area contributed by atoms with Gasteiger partial charge in [-0.1, -0.05) is 165 Å². The molecule has 6 aromatic carbocycles. The predicted octanol–water partition coefficient (Wildman–Crippen LogP) is 9.48. The van der Waals surface area contributed by atoms with Crippen LogP contribution >= 0.6 is 0 Å². The van der Waals surface area contributed by atoms with Gasteiger partial charge >= 0.3 is 0 Å². The zero-order valence-electron chi connectivity index (χ0n) is 29.6. The minimum atomic E-state index is -0.514. The average Bonchev–Trinajstić information content (AvgIpc) is 3.20. The molecule has 6 atom stereocenters. The number of ether oxygens (including phenoxy) is 5. The van der Waals surface area contributed by atoms with E-state index in [9.17, 15) is 0 Å². The molecule has 7 rings (SSSR count). The number of rotatable bonds is 15. The molecule has 0 spiro atoms. The molecule has 263 valence electrons. The second kappa shape index (κ2) is 17.9. The Bertz CT molecular complexity index is 1960. The Morgan fingerprint density at radius 2 is 0.981 bits per heavy atom. The third kappa shape index (κ3) is 8.96. The van der Waals surface area contributed by atoms with Crippen LogP contribution in [0.15, 0.2) is 158 Å². The summed E-state index contributed by atoms with van der Waals surface area (Å²) in [6.07, 6.45) is -2.45. The van der Waals surface area contributed by atoms with Gasteiger partial charge < -0.3 is 23.7 Å². The van der Waals surface area contributed by atoms with Crippen LogP contribution in [0.2, 0.25) is 0 Å². The molecule has 6 heteroatoms. The van der Waals surface area contributed by atoms with Crippen LogP contribution in [0, 0.1) is 0 Å². The molecule has 1 aliphatic rings. The molecule has 0 aromatic heterocycles. The van der Waals surface area contributed by atoms with E-state index >= 15 is 0 Å². The lowest BCUT2D eigenvalue weighted by atomic mass is 9.86. The lowest BCUT2D eigenvalue weighted by Gasteiger charge is -2.47. The van der Waals surface area contributed by atoms with Crippen molar-refractivity contribution in [3.05, 3.63) is 191 Å². The maximum absolute atomic E-state index is 7.26. The topological polar surface area (TPSA) is 46.2 Å². The molecule has 0 N–H and O–H groups in total. The summed E-state index contributed by atoms with van der Waals surface area (Å²) in [6.45, 7) is 4.12. The van der Waals surface area contributed by atoms with Crippen molar-refractivity contribution in [2.45, 2.75) is 69.4 Å². The number of benzene rings is 6. The zero-order chi connectivity index (χ0) is 35.5. The summed E-state index contributed by atoms with van der Waals surface area (Å²) in [5, 5.41) is 2.35. The van der Waals surface area contributed by atoms with Gasteiger partial charge in [0.2, 0.25) is 0 Å². The van der Waals surface area contributed by atoms with Gasteiger partial charge in [0.15, 0.2) is 0 Å². The Morgan fingerprint density at radius 3 is 1.52 bits per heavy atom. The molecule has 0 bridgehead atoms. The van der Waals surface area contributed by atoms with Crippen molar-refractivity contribution in [2.24, 2.45) is 0 Å². The van der Waals surface area contributed by atoms with Crippen LogP contribution < -0.4 is 0 Å². The summed E-state index contributed by atoms with van der Waals surface area (Å²) in [6, 6.07) is 53.9. The molecule has 1 aliphatic heterocycles. The van der Waals surface area contributed by atoms with E-state index in [4.69, 9.17) is 23.7 Å².